The number of piperidine rings is 1. The molecule has 0 saturated carbocycles. The van der Waals surface area contributed by atoms with Gasteiger partial charge in [-0.3, -0.25) is 14.5 Å². The van der Waals surface area contributed by atoms with E-state index in [0.717, 1.165) is 37.3 Å². The molecule has 2 N–H and O–H groups in total. The molecular formula is C29H31N3O2. The van der Waals surface area contributed by atoms with Gasteiger partial charge in [0.1, 0.15) is 0 Å². The third kappa shape index (κ3) is 4.90. The first kappa shape index (κ1) is 22.4. The van der Waals surface area contributed by atoms with Crippen LogP contribution in [0.3, 0.4) is 0 Å². The fourth-order valence-electron chi connectivity index (χ4n) is 4.95. The summed E-state index contributed by atoms with van der Waals surface area (Å²) in [5, 5.41) is 5.97. The lowest BCUT2D eigenvalue weighted by molar-refractivity contribution is -0.119. The van der Waals surface area contributed by atoms with E-state index in [4.69, 9.17) is 0 Å². The molecule has 0 bridgehead atoms. The zero-order valence-corrected chi connectivity index (χ0v) is 19.6. The molecule has 5 rings (SSSR count). The summed E-state index contributed by atoms with van der Waals surface area (Å²) < 4.78 is 0. The summed E-state index contributed by atoms with van der Waals surface area (Å²) in [6.07, 6.45) is 4.48. The highest BCUT2D eigenvalue weighted by Crippen LogP contribution is 2.30. The van der Waals surface area contributed by atoms with Gasteiger partial charge in [0, 0.05) is 29.4 Å². The molecule has 1 unspecified atom stereocenters. The van der Waals surface area contributed by atoms with Gasteiger partial charge in [-0.25, -0.2) is 0 Å². The lowest BCUT2D eigenvalue weighted by atomic mass is 9.94. The maximum absolute atomic E-state index is 13.2. The van der Waals surface area contributed by atoms with E-state index in [-0.39, 0.29) is 17.7 Å². The predicted molar refractivity (Wildman–Crippen MR) is 137 cm³/mol. The van der Waals surface area contributed by atoms with Gasteiger partial charge >= 0.3 is 0 Å². The van der Waals surface area contributed by atoms with Crippen molar-refractivity contribution >= 4 is 23.2 Å². The van der Waals surface area contributed by atoms with Crippen LogP contribution in [0.25, 0.3) is 11.1 Å². The van der Waals surface area contributed by atoms with Crippen molar-refractivity contribution in [3.05, 3.63) is 83.4 Å². The van der Waals surface area contributed by atoms with Gasteiger partial charge in [-0.05, 0) is 78.9 Å². The molecule has 2 amide bonds. The van der Waals surface area contributed by atoms with Crippen LogP contribution in [-0.2, 0) is 17.8 Å². The summed E-state index contributed by atoms with van der Waals surface area (Å²) >= 11 is 0. The van der Waals surface area contributed by atoms with Crippen molar-refractivity contribution in [3.8, 4) is 11.1 Å². The maximum atomic E-state index is 13.2. The Balaban J connectivity index is 1.39. The molecule has 2 aliphatic heterocycles. The van der Waals surface area contributed by atoms with E-state index in [2.05, 4.69) is 45.9 Å². The molecule has 174 valence electrons. The molecule has 2 aliphatic rings. The smallest absolute Gasteiger partial charge is 0.255 e. The molecule has 0 aliphatic carbocycles. The Bertz CT molecular complexity index is 1200. The molecular weight excluding hydrogens is 422 g/mol. The first-order valence-corrected chi connectivity index (χ1v) is 12.2. The van der Waals surface area contributed by atoms with Gasteiger partial charge in [0.05, 0.1) is 0 Å². The van der Waals surface area contributed by atoms with E-state index in [1.165, 1.54) is 36.0 Å². The average molecular weight is 454 g/mol. The Hall–Kier alpha value is -3.44. The number of hydrogen-bond acceptors (Lipinski definition) is 3. The van der Waals surface area contributed by atoms with E-state index in [0.29, 0.717) is 11.3 Å². The molecule has 0 aromatic heterocycles. The van der Waals surface area contributed by atoms with Crippen molar-refractivity contribution < 1.29 is 9.59 Å². The first-order valence-electron chi connectivity index (χ1n) is 12.2. The number of likely N-dealkylation sites (tertiary alicyclic amines) is 1. The summed E-state index contributed by atoms with van der Waals surface area (Å²) in [5.41, 5.74) is 6.72. The molecule has 3 aromatic rings. The second kappa shape index (κ2) is 9.82. The summed E-state index contributed by atoms with van der Waals surface area (Å²) in [4.78, 5) is 27.7. The van der Waals surface area contributed by atoms with E-state index >= 15 is 0 Å². The lowest BCUT2D eigenvalue weighted by Crippen LogP contribution is -2.29. The van der Waals surface area contributed by atoms with Crippen LogP contribution < -0.4 is 10.6 Å². The van der Waals surface area contributed by atoms with E-state index in [1.807, 2.05) is 43.3 Å². The number of hydrogen-bond donors (Lipinski definition) is 2. The van der Waals surface area contributed by atoms with Gasteiger partial charge in [0.2, 0.25) is 5.91 Å². The highest BCUT2D eigenvalue weighted by Gasteiger charge is 2.22. The molecule has 34 heavy (non-hydrogen) atoms. The topological polar surface area (TPSA) is 61.4 Å². The van der Waals surface area contributed by atoms with Crippen LogP contribution in [0.4, 0.5) is 11.4 Å². The van der Waals surface area contributed by atoms with Crippen molar-refractivity contribution in [2.45, 2.75) is 39.2 Å². The van der Waals surface area contributed by atoms with Crippen molar-refractivity contribution in [1.29, 1.82) is 0 Å². The summed E-state index contributed by atoms with van der Waals surface area (Å²) in [5.74, 6) is -0.154. The minimum absolute atomic E-state index is 0.0230. The van der Waals surface area contributed by atoms with Crippen molar-refractivity contribution in [1.82, 2.24) is 4.90 Å². The van der Waals surface area contributed by atoms with Crippen molar-refractivity contribution in [3.63, 3.8) is 0 Å². The molecule has 2 heterocycles. The highest BCUT2D eigenvalue weighted by molar-refractivity contribution is 6.05. The minimum Gasteiger partial charge on any atom is -0.326 e. The Morgan fingerprint density at radius 3 is 2.59 bits per heavy atom. The molecule has 5 nitrogen and oxygen atoms in total. The van der Waals surface area contributed by atoms with Crippen LogP contribution in [-0.4, -0.2) is 29.8 Å². The molecule has 5 heteroatoms. The number of anilines is 2. The Labute approximate surface area is 201 Å². The highest BCUT2D eigenvalue weighted by atomic mass is 16.2. The fraction of sp³-hybridized carbons (Fsp3) is 0.310. The third-order valence-electron chi connectivity index (χ3n) is 6.89. The Kier molecular flexibility index (Phi) is 6.45. The van der Waals surface area contributed by atoms with Crippen LogP contribution in [0.1, 0.15) is 47.7 Å². The van der Waals surface area contributed by atoms with Crippen molar-refractivity contribution in [2.75, 3.05) is 23.7 Å². The predicted octanol–water partition coefficient (Wildman–Crippen LogP) is 5.72. The molecule has 1 fully saturated rings. The number of fused-ring (bicyclic) bond motifs is 1. The largest absolute Gasteiger partial charge is 0.326 e. The van der Waals surface area contributed by atoms with Gasteiger partial charge in [-0.2, -0.15) is 0 Å². The number of benzene rings is 3. The van der Waals surface area contributed by atoms with Gasteiger partial charge in [-0.15, -0.1) is 0 Å². The zero-order chi connectivity index (χ0) is 23.5. The number of rotatable bonds is 5. The normalized spacial score (nSPS) is 18.1. The standard InChI is InChI=1S/C29H31N3O2/c1-20-16-22-10-12-25(18-27(22)31-28(20)33)30-29(34)23-11-13-26(21-8-4-2-5-9-21)24(17-23)19-32-14-6-3-7-15-32/h2,4-5,8-13,17-18,20H,3,6-7,14-16,19H2,1H3,(H,30,34)(H,31,33). The number of amides is 2. The van der Waals surface area contributed by atoms with Crippen LogP contribution in [0, 0.1) is 5.92 Å². The summed E-state index contributed by atoms with van der Waals surface area (Å²) in [7, 11) is 0. The van der Waals surface area contributed by atoms with Crippen LogP contribution in [0.5, 0.6) is 0 Å². The average Bonchev–Trinajstić information content (AvgIpc) is 2.86. The monoisotopic (exact) mass is 453 g/mol. The molecule has 0 spiro atoms. The van der Waals surface area contributed by atoms with Crippen LogP contribution >= 0.6 is 0 Å². The third-order valence-corrected chi connectivity index (χ3v) is 6.89. The summed E-state index contributed by atoms with van der Waals surface area (Å²) in [6.45, 7) is 4.97. The van der Waals surface area contributed by atoms with Gasteiger partial charge in [0.15, 0.2) is 0 Å². The number of nitrogens with one attached hydrogen (secondary N) is 2. The zero-order valence-electron chi connectivity index (χ0n) is 19.6. The number of nitrogens with zero attached hydrogens (tertiary/aromatic N) is 1. The lowest BCUT2D eigenvalue weighted by Gasteiger charge is -2.27. The SMILES string of the molecule is CC1Cc2ccc(NC(=O)c3ccc(-c4ccccc4)c(CN4CCCCC4)c3)cc2NC1=O. The quantitative estimate of drug-likeness (QED) is 0.519. The minimum atomic E-state index is -0.144. The number of carbonyl (C=O) groups excluding carboxylic acids is 2. The van der Waals surface area contributed by atoms with Crippen LogP contribution in [0.2, 0.25) is 0 Å². The van der Waals surface area contributed by atoms with Gasteiger partial charge < -0.3 is 10.6 Å². The van der Waals surface area contributed by atoms with E-state index in [1.54, 1.807) is 0 Å². The maximum Gasteiger partial charge on any atom is 0.255 e. The van der Waals surface area contributed by atoms with E-state index < -0.39 is 0 Å². The summed E-state index contributed by atoms with van der Waals surface area (Å²) in [6, 6.07) is 22.1. The van der Waals surface area contributed by atoms with Gasteiger partial charge in [-0.1, -0.05) is 55.8 Å². The fourth-order valence-corrected chi connectivity index (χ4v) is 4.95. The van der Waals surface area contributed by atoms with E-state index in [9.17, 15) is 9.59 Å². The molecule has 1 atom stereocenters. The second-order valence-corrected chi connectivity index (χ2v) is 9.50. The Morgan fingerprint density at radius 2 is 1.79 bits per heavy atom. The second-order valence-electron chi connectivity index (χ2n) is 9.50. The van der Waals surface area contributed by atoms with Crippen LogP contribution in [0.15, 0.2) is 66.7 Å². The molecule has 3 aromatic carbocycles. The molecule has 1 saturated heterocycles. The number of carbonyl (C=O) groups is 2. The van der Waals surface area contributed by atoms with Crippen molar-refractivity contribution in [2.24, 2.45) is 5.92 Å². The Morgan fingerprint density at radius 1 is 1.00 bits per heavy atom. The first-order chi connectivity index (χ1) is 16.6. The molecule has 0 radical (unpaired) electrons. The van der Waals surface area contributed by atoms with Gasteiger partial charge in [0.25, 0.3) is 5.91 Å².